The Morgan fingerprint density at radius 1 is 1.15 bits per heavy atom. The largest absolute Gasteiger partial charge is 0.494 e. The highest BCUT2D eigenvalue weighted by atomic mass is 19.4. The number of nitrogens with one attached hydrogen (secondary N) is 1. The van der Waals surface area contributed by atoms with Crippen molar-refractivity contribution in [2.24, 2.45) is 16.6 Å². The normalized spacial score (nSPS) is 16.7. The molecule has 0 bridgehead atoms. The third-order valence-electron chi connectivity index (χ3n) is 7.33. The van der Waals surface area contributed by atoms with Gasteiger partial charge in [0.15, 0.2) is 5.96 Å². The van der Waals surface area contributed by atoms with Gasteiger partial charge < -0.3 is 15.4 Å². The zero-order chi connectivity index (χ0) is 30.6. The van der Waals surface area contributed by atoms with Crippen LogP contribution in [0.4, 0.5) is 13.2 Å². The number of hydrogen-bond acceptors (Lipinski definition) is 3. The topological polar surface area (TPSA) is 74.7 Å². The quantitative estimate of drug-likeness (QED) is 0.209. The molecule has 2 unspecified atom stereocenters. The van der Waals surface area contributed by atoms with E-state index in [2.05, 4.69) is 13.8 Å². The fourth-order valence-electron chi connectivity index (χ4n) is 4.99. The summed E-state index contributed by atoms with van der Waals surface area (Å²) in [5.74, 6) is 0.869. The van der Waals surface area contributed by atoms with E-state index in [0.29, 0.717) is 30.8 Å². The zero-order valence-electron chi connectivity index (χ0n) is 25.4. The molecule has 8 heteroatoms. The highest BCUT2D eigenvalue weighted by Crippen LogP contribution is 2.35. The fourth-order valence-corrected chi connectivity index (χ4v) is 4.99. The lowest BCUT2D eigenvalue weighted by Crippen LogP contribution is -2.45. The Hall–Kier alpha value is -3.29. The molecule has 0 amide bonds. The molecule has 226 valence electrons. The predicted octanol–water partition coefficient (Wildman–Crippen LogP) is 8.51. The molecular formula is C33H47F3N4O. The lowest BCUT2D eigenvalue weighted by Gasteiger charge is -2.29. The molecule has 1 aliphatic rings. The van der Waals surface area contributed by atoms with Crippen LogP contribution in [0.1, 0.15) is 89.5 Å². The molecule has 2 atom stereocenters. The van der Waals surface area contributed by atoms with E-state index < -0.39 is 11.7 Å². The summed E-state index contributed by atoms with van der Waals surface area (Å²) in [6, 6.07) is 12.0. The van der Waals surface area contributed by atoms with E-state index in [1.54, 1.807) is 25.1 Å². The van der Waals surface area contributed by atoms with Crippen LogP contribution in [0.25, 0.3) is 5.70 Å². The number of aryl methyl sites for hydroxylation is 2. The second-order valence-electron chi connectivity index (χ2n) is 10.1. The van der Waals surface area contributed by atoms with Crippen LogP contribution in [0, 0.1) is 11.3 Å². The molecule has 0 radical (unpaired) electrons. The highest BCUT2D eigenvalue weighted by molar-refractivity contribution is 5.98. The minimum atomic E-state index is -4.48. The van der Waals surface area contributed by atoms with Gasteiger partial charge in [0.1, 0.15) is 5.75 Å². The van der Waals surface area contributed by atoms with Crippen LogP contribution < -0.4 is 10.5 Å². The molecule has 2 aromatic rings. The first-order valence-corrected chi connectivity index (χ1v) is 14.9. The maximum absolute atomic E-state index is 14.2. The Bertz CT molecular complexity index is 1170. The second kappa shape index (κ2) is 16.2. The summed E-state index contributed by atoms with van der Waals surface area (Å²) in [7, 11) is 0. The number of rotatable bonds is 11. The summed E-state index contributed by atoms with van der Waals surface area (Å²) in [4.78, 5) is 6.77. The first kappa shape index (κ1) is 33.9. The van der Waals surface area contributed by atoms with Gasteiger partial charge in [0.25, 0.3) is 0 Å². The lowest BCUT2D eigenvalue weighted by atomic mass is 9.93. The van der Waals surface area contributed by atoms with Crippen molar-refractivity contribution >= 4 is 17.4 Å². The third kappa shape index (κ3) is 9.37. The molecule has 1 fully saturated rings. The van der Waals surface area contributed by atoms with Crippen molar-refractivity contribution in [1.29, 1.82) is 5.41 Å². The van der Waals surface area contributed by atoms with Gasteiger partial charge >= 0.3 is 6.18 Å². The number of nitrogens with two attached hydrogens (primary N) is 1. The molecule has 5 nitrogen and oxygen atoms in total. The van der Waals surface area contributed by atoms with E-state index in [1.165, 1.54) is 6.07 Å². The summed E-state index contributed by atoms with van der Waals surface area (Å²) < 4.78 is 48.2. The summed E-state index contributed by atoms with van der Waals surface area (Å²) in [5.41, 5.74) is 8.21. The van der Waals surface area contributed by atoms with Crippen LogP contribution in [-0.4, -0.2) is 35.8 Å². The standard InChI is InChI=1S/C31H41F3N4O.C2H6/c1-5-19-39-25-16-11-22(12-17-25)10-13-23-14-15-24(20-26(23)31(32,33)34)27(7-3)37-29(21(4)6-2)28-9-8-18-38(28)30(35)36;1-2/h7,11-12,14-17,20-21,28H,5-6,8-10,13,18-19H2,1-4H3,(H3,35,36);1-2H3/b27-7-,37-29?;. The minimum absolute atomic E-state index is 0.00219. The van der Waals surface area contributed by atoms with Gasteiger partial charge in [0, 0.05) is 17.8 Å². The Morgan fingerprint density at radius 3 is 2.39 bits per heavy atom. The smallest absolute Gasteiger partial charge is 0.416 e. The lowest BCUT2D eigenvalue weighted by molar-refractivity contribution is -0.138. The fraction of sp³-hybridized carbons (Fsp3) is 0.515. The number of hydrogen-bond donors (Lipinski definition) is 2. The van der Waals surface area contributed by atoms with E-state index in [9.17, 15) is 13.2 Å². The number of guanidine groups is 1. The molecule has 1 aliphatic heterocycles. The van der Waals surface area contributed by atoms with Gasteiger partial charge in [0.05, 0.1) is 23.9 Å². The molecule has 1 saturated heterocycles. The van der Waals surface area contributed by atoms with Crippen molar-refractivity contribution in [2.45, 2.75) is 92.3 Å². The number of allylic oxidation sites excluding steroid dienone is 1. The van der Waals surface area contributed by atoms with Crippen LogP contribution in [0.5, 0.6) is 5.75 Å². The Labute approximate surface area is 244 Å². The van der Waals surface area contributed by atoms with Crippen LogP contribution >= 0.6 is 0 Å². The van der Waals surface area contributed by atoms with E-state index in [-0.39, 0.29) is 29.9 Å². The molecule has 3 N–H and O–H groups in total. The predicted molar refractivity (Wildman–Crippen MR) is 165 cm³/mol. The van der Waals surface area contributed by atoms with Crippen molar-refractivity contribution in [1.82, 2.24) is 4.90 Å². The average Bonchev–Trinajstić information content (AvgIpc) is 3.46. The molecule has 1 heterocycles. The van der Waals surface area contributed by atoms with Gasteiger partial charge in [-0.1, -0.05) is 65.0 Å². The number of aliphatic imine (C=N–C) groups is 1. The molecular weight excluding hydrogens is 525 g/mol. The Kier molecular flexibility index (Phi) is 13.4. The maximum Gasteiger partial charge on any atom is 0.416 e. The monoisotopic (exact) mass is 572 g/mol. The van der Waals surface area contributed by atoms with Crippen LogP contribution in [0.15, 0.2) is 53.5 Å². The molecule has 0 aromatic heterocycles. The maximum atomic E-state index is 14.2. The van der Waals surface area contributed by atoms with Crippen LogP contribution in [0.3, 0.4) is 0 Å². The first-order valence-electron chi connectivity index (χ1n) is 14.9. The number of ether oxygens (including phenoxy) is 1. The summed E-state index contributed by atoms with van der Waals surface area (Å²) in [6.07, 6.45) is 1.49. The summed E-state index contributed by atoms with van der Waals surface area (Å²) in [6.45, 7) is 13.3. The third-order valence-corrected chi connectivity index (χ3v) is 7.33. The minimum Gasteiger partial charge on any atom is -0.494 e. The number of likely N-dealkylation sites (tertiary alicyclic amines) is 1. The molecule has 0 saturated carbocycles. The van der Waals surface area contributed by atoms with E-state index in [4.69, 9.17) is 20.9 Å². The first-order chi connectivity index (χ1) is 19.6. The van der Waals surface area contributed by atoms with Crippen molar-refractivity contribution in [3.63, 3.8) is 0 Å². The number of benzene rings is 2. The van der Waals surface area contributed by atoms with Gasteiger partial charge in [-0.05, 0) is 80.7 Å². The van der Waals surface area contributed by atoms with E-state index in [0.717, 1.165) is 42.7 Å². The van der Waals surface area contributed by atoms with Gasteiger partial charge in [-0.15, -0.1) is 0 Å². The zero-order valence-corrected chi connectivity index (χ0v) is 25.4. The average molecular weight is 573 g/mol. The van der Waals surface area contributed by atoms with Gasteiger partial charge in [-0.2, -0.15) is 13.2 Å². The van der Waals surface area contributed by atoms with Gasteiger partial charge in [-0.3, -0.25) is 10.4 Å². The molecule has 3 rings (SSSR count). The molecule has 2 aromatic carbocycles. The van der Waals surface area contributed by atoms with Crippen molar-refractivity contribution in [2.75, 3.05) is 13.2 Å². The van der Waals surface area contributed by atoms with Crippen molar-refractivity contribution in [3.8, 4) is 5.75 Å². The Balaban J connectivity index is 0.00000287. The van der Waals surface area contributed by atoms with Gasteiger partial charge in [-0.25, -0.2) is 0 Å². The van der Waals surface area contributed by atoms with Crippen molar-refractivity contribution < 1.29 is 17.9 Å². The molecule has 0 spiro atoms. The Morgan fingerprint density at radius 2 is 1.83 bits per heavy atom. The van der Waals surface area contributed by atoms with E-state index in [1.807, 2.05) is 49.9 Å². The van der Waals surface area contributed by atoms with E-state index >= 15 is 0 Å². The van der Waals surface area contributed by atoms with Gasteiger partial charge in [0.2, 0.25) is 0 Å². The molecule has 0 aliphatic carbocycles. The number of alkyl halides is 3. The summed E-state index contributed by atoms with van der Waals surface area (Å²) >= 11 is 0. The second-order valence-corrected chi connectivity index (χ2v) is 10.1. The SMILES string of the molecule is C/C=C(\N=C(C(C)CC)C1CCCN1C(=N)N)c1ccc(CCc2ccc(OCCC)cc2)c(C(F)(F)F)c1.CC. The highest BCUT2D eigenvalue weighted by Gasteiger charge is 2.34. The van der Waals surface area contributed by atoms with Crippen molar-refractivity contribution in [3.05, 3.63) is 70.8 Å². The number of halogens is 3. The molecule has 41 heavy (non-hydrogen) atoms. The summed E-state index contributed by atoms with van der Waals surface area (Å²) in [5, 5.41) is 7.97. The van der Waals surface area contributed by atoms with Crippen LogP contribution in [-0.2, 0) is 19.0 Å². The number of nitrogens with zero attached hydrogens (tertiary/aromatic N) is 2. The van der Waals surface area contributed by atoms with Crippen LogP contribution in [0.2, 0.25) is 0 Å².